The van der Waals surface area contributed by atoms with E-state index in [-0.39, 0.29) is 24.7 Å². The topological polar surface area (TPSA) is 153 Å². The molecule has 1 N–H and O–H groups in total. The van der Waals surface area contributed by atoms with Gasteiger partial charge >= 0.3 is 12.1 Å². The third-order valence-corrected chi connectivity index (χ3v) is 12.9. The minimum absolute atomic E-state index is 0.0431. The first-order chi connectivity index (χ1) is 29.5. The third-order valence-electron chi connectivity index (χ3n) is 12.9. The van der Waals surface area contributed by atoms with E-state index in [4.69, 9.17) is 42.7 Å². The van der Waals surface area contributed by atoms with Crippen LogP contribution in [-0.4, -0.2) is 123 Å². The van der Waals surface area contributed by atoms with E-state index in [1.165, 1.54) is 7.11 Å². The second-order valence-corrected chi connectivity index (χ2v) is 17.7. The molecule has 342 valence electrons. The maximum absolute atomic E-state index is 14.5. The number of aliphatic hydroxyl groups is 1. The highest BCUT2D eigenvalue weighted by molar-refractivity contribution is 5.89. The number of hydrogen-bond donors (Lipinski definition) is 1. The first kappa shape index (κ1) is 48.8. The number of hydrogen-bond acceptors (Lipinski definition) is 14. The molecule has 14 heteroatoms. The van der Waals surface area contributed by atoms with Gasteiger partial charge in [-0.15, -0.1) is 0 Å². The minimum Gasteiger partial charge on any atom is -0.489 e. The summed E-state index contributed by atoms with van der Waals surface area (Å²) < 4.78 is 50.4. The first-order valence-electron chi connectivity index (χ1n) is 21.7. The molecular formula is C48H68N2O12. The lowest BCUT2D eigenvalue weighted by Crippen LogP contribution is -2.60. The van der Waals surface area contributed by atoms with Crippen LogP contribution in [-0.2, 0) is 49.4 Å². The second-order valence-electron chi connectivity index (χ2n) is 17.7. The van der Waals surface area contributed by atoms with Gasteiger partial charge in [-0.3, -0.25) is 4.79 Å². The summed E-state index contributed by atoms with van der Waals surface area (Å²) in [5.41, 5.74) is -0.0723. The fourth-order valence-electron chi connectivity index (χ4n) is 9.43. The van der Waals surface area contributed by atoms with Crippen LogP contribution in [0.15, 0.2) is 59.8 Å². The van der Waals surface area contributed by atoms with Crippen molar-refractivity contribution in [1.29, 1.82) is 0 Å². The van der Waals surface area contributed by atoms with Gasteiger partial charge in [-0.1, -0.05) is 75.0 Å². The third kappa shape index (κ3) is 11.3. The van der Waals surface area contributed by atoms with Crippen molar-refractivity contribution < 1.29 is 57.4 Å². The van der Waals surface area contributed by atoms with E-state index in [1.54, 1.807) is 21.0 Å². The lowest BCUT2D eigenvalue weighted by Gasteiger charge is -2.48. The van der Waals surface area contributed by atoms with Crippen molar-refractivity contribution in [2.75, 3.05) is 34.9 Å². The molecule has 14 nitrogen and oxygen atoms in total. The highest BCUT2D eigenvalue weighted by Crippen LogP contribution is 2.43. The van der Waals surface area contributed by atoms with E-state index in [2.05, 4.69) is 17.0 Å². The van der Waals surface area contributed by atoms with Crippen LogP contribution in [0.25, 0.3) is 0 Å². The standard InChI is InChI=1S/C48H68N2O12/c1-13-38-48(8)43(61-46(53)62-48)31(4)39(49-55-12)29(2)27-47(7,54-11)42(60-45-40(51)37(50(9)10)26-30(3)58-45)32(5)41(33(6)44(52)59-38)56-25-17-20-34-21-23-36(24-22-34)57-28-35-18-15-14-16-19-35/h14-16,18-19,21-24,29-33,37-38,40-43,45,51H,13,25-28H2,1-12H3/b49-39+/t29-,30-,31+,32+,33-,37+,38-,40-,41+,42-,43-,45+,47-,48-/m1/s1. The normalized spacial score (nSPS) is 36.3. The van der Waals surface area contributed by atoms with E-state index in [0.717, 1.165) is 16.9 Å². The number of carbonyl (C=O) groups is 2. The Hall–Kier alpha value is -4.23. The molecule has 0 unspecified atom stereocenters. The molecule has 14 atom stereocenters. The van der Waals surface area contributed by atoms with E-state index in [1.807, 2.05) is 115 Å². The largest absolute Gasteiger partial charge is 0.509 e. The van der Waals surface area contributed by atoms with Crippen LogP contribution in [0.2, 0.25) is 0 Å². The van der Waals surface area contributed by atoms with Crippen LogP contribution < -0.4 is 4.74 Å². The summed E-state index contributed by atoms with van der Waals surface area (Å²) in [5.74, 6) is 4.08. The predicted octanol–water partition coefficient (Wildman–Crippen LogP) is 6.79. The fourth-order valence-corrected chi connectivity index (χ4v) is 9.43. The number of likely N-dealkylation sites (N-methyl/N-ethyl adjacent to an activating group) is 1. The smallest absolute Gasteiger partial charge is 0.489 e. The average Bonchev–Trinajstić information content (AvgIpc) is 3.57. The summed E-state index contributed by atoms with van der Waals surface area (Å²) in [6, 6.07) is 17.2. The molecule has 3 aliphatic rings. The maximum Gasteiger partial charge on any atom is 0.509 e. The minimum atomic E-state index is -1.36. The Kier molecular flexibility index (Phi) is 16.9. The molecule has 0 aromatic heterocycles. The number of benzene rings is 2. The highest BCUT2D eigenvalue weighted by Gasteiger charge is 2.59. The molecule has 3 saturated heterocycles. The molecule has 0 spiro atoms. The number of carbonyl (C=O) groups excluding carboxylic acids is 2. The Morgan fingerprint density at radius 1 is 0.952 bits per heavy atom. The molecule has 0 radical (unpaired) electrons. The number of aliphatic hydroxyl groups excluding tert-OH is 1. The van der Waals surface area contributed by atoms with Gasteiger partial charge in [0.1, 0.15) is 38.3 Å². The van der Waals surface area contributed by atoms with Crippen LogP contribution >= 0.6 is 0 Å². The second kappa shape index (κ2) is 21.4. The number of fused-ring (bicyclic) bond motifs is 1. The lowest BCUT2D eigenvalue weighted by molar-refractivity contribution is -0.302. The molecular weight excluding hydrogens is 797 g/mol. The molecule has 0 bridgehead atoms. The van der Waals surface area contributed by atoms with Crippen LogP contribution in [0, 0.1) is 35.5 Å². The fraction of sp³-hybridized carbons (Fsp3) is 0.646. The number of cyclic esters (lactones) is 1. The van der Waals surface area contributed by atoms with E-state index in [0.29, 0.717) is 31.6 Å². The van der Waals surface area contributed by atoms with Crippen molar-refractivity contribution in [1.82, 2.24) is 4.90 Å². The van der Waals surface area contributed by atoms with Crippen LogP contribution in [0.1, 0.15) is 85.8 Å². The molecule has 3 heterocycles. The number of esters is 1. The van der Waals surface area contributed by atoms with E-state index >= 15 is 0 Å². The van der Waals surface area contributed by atoms with Gasteiger partial charge in [-0.2, -0.15) is 0 Å². The maximum atomic E-state index is 14.5. The van der Waals surface area contributed by atoms with Crippen LogP contribution in [0.5, 0.6) is 5.75 Å². The molecule has 2 aromatic carbocycles. The molecule has 2 aromatic rings. The predicted molar refractivity (Wildman–Crippen MR) is 232 cm³/mol. The number of oxime groups is 1. The van der Waals surface area contributed by atoms with E-state index in [9.17, 15) is 14.7 Å². The number of ether oxygens (including phenoxy) is 8. The average molecular weight is 865 g/mol. The molecule has 3 aliphatic heterocycles. The molecule has 62 heavy (non-hydrogen) atoms. The Balaban J connectivity index is 1.53. The van der Waals surface area contributed by atoms with Gasteiger partial charge in [0, 0.05) is 36.5 Å². The number of rotatable bonds is 11. The monoisotopic (exact) mass is 864 g/mol. The van der Waals surface area contributed by atoms with Gasteiger partial charge < -0.3 is 52.7 Å². The van der Waals surface area contributed by atoms with Crippen molar-refractivity contribution in [2.45, 2.75) is 141 Å². The number of nitrogens with zero attached hydrogens (tertiary/aromatic N) is 2. The first-order valence-corrected chi connectivity index (χ1v) is 21.7. The zero-order chi connectivity index (χ0) is 45.4. The lowest BCUT2D eigenvalue weighted by atomic mass is 9.73. The Bertz CT molecular complexity index is 1870. The van der Waals surface area contributed by atoms with Crippen molar-refractivity contribution in [2.24, 2.45) is 28.8 Å². The van der Waals surface area contributed by atoms with Crippen molar-refractivity contribution in [3.63, 3.8) is 0 Å². The Labute approximate surface area is 367 Å². The molecule has 0 amide bonds. The van der Waals surface area contributed by atoms with Crippen LogP contribution in [0.4, 0.5) is 4.79 Å². The van der Waals surface area contributed by atoms with Gasteiger partial charge in [0.05, 0.1) is 35.5 Å². The molecule has 5 rings (SSSR count). The summed E-state index contributed by atoms with van der Waals surface area (Å²) in [6.07, 6.45) is -5.38. The Morgan fingerprint density at radius 2 is 1.65 bits per heavy atom. The van der Waals surface area contributed by atoms with Gasteiger partial charge in [-0.25, -0.2) is 4.79 Å². The summed E-state index contributed by atoms with van der Waals surface area (Å²) in [5, 5.41) is 16.2. The van der Waals surface area contributed by atoms with Crippen molar-refractivity contribution in [3.8, 4) is 17.6 Å². The highest BCUT2D eigenvalue weighted by atomic mass is 16.8. The molecule has 0 saturated carbocycles. The van der Waals surface area contributed by atoms with Crippen molar-refractivity contribution in [3.05, 3.63) is 65.7 Å². The Morgan fingerprint density at radius 3 is 2.27 bits per heavy atom. The SMILES string of the molecule is CC[C@H]1OC(=O)[C@H](C)[C@@H](OCC#Cc2ccc(OCc3ccccc3)cc2)[C@H](C)[C@@H](O[C@@H]2O[C@H](C)C[C@H](N(C)C)[C@H]2O)[C@](C)(OC)C[C@@H](C)/C(=N\OC)[C@H](C)[C@H]2OC(=O)O[C@@]21C. The van der Waals surface area contributed by atoms with E-state index < -0.39 is 77.9 Å². The van der Waals surface area contributed by atoms with Crippen molar-refractivity contribution >= 4 is 17.8 Å². The summed E-state index contributed by atoms with van der Waals surface area (Å²) >= 11 is 0. The summed E-state index contributed by atoms with van der Waals surface area (Å²) in [4.78, 5) is 34.8. The van der Waals surface area contributed by atoms with Gasteiger partial charge in [0.25, 0.3) is 0 Å². The summed E-state index contributed by atoms with van der Waals surface area (Å²) in [7, 11) is 6.89. The van der Waals surface area contributed by atoms with Gasteiger partial charge in [-0.05, 0) is 90.9 Å². The van der Waals surface area contributed by atoms with Gasteiger partial charge in [0.2, 0.25) is 0 Å². The van der Waals surface area contributed by atoms with Crippen LogP contribution in [0.3, 0.4) is 0 Å². The molecule has 3 fully saturated rings. The zero-order valence-corrected chi connectivity index (χ0v) is 38.5. The van der Waals surface area contributed by atoms with Gasteiger partial charge in [0.15, 0.2) is 18.0 Å². The zero-order valence-electron chi connectivity index (χ0n) is 38.5. The summed E-state index contributed by atoms with van der Waals surface area (Å²) in [6.45, 7) is 15.4. The quantitative estimate of drug-likeness (QED) is 0.144. The number of methoxy groups -OCH3 is 1. The molecule has 0 aliphatic carbocycles.